The van der Waals surface area contributed by atoms with Crippen molar-refractivity contribution < 1.29 is 47.5 Å². The van der Waals surface area contributed by atoms with E-state index < -0.39 is 5.60 Å². The number of carbonyl (C=O) groups is 3. The molecule has 0 spiro atoms. The Morgan fingerprint density at radius 3 is 1.39 bits per heavy atom. The molecule has 0 aromatic carbocycles. The molecule has 0 aliphatic carbocycles. The summed E-state index contributed by atoms with van der Waals surface area (Å²) < 4.78 is 37.6. The first-order valence-corrected chi connectivity index (χ1v) is 12.8. The Kier molecular flexibility index (Phi) is 21.8. The van der Waals surface area contributed by atoms with E-state index in [0.717, 1.165) is 0 Å². The summed E-state index contributed by atoms with van der Waals surface area (Å²) in [5, 5.41) is 0. The van der Waals surface area contributed by atoms with Crippen molar-refractivity contribution in [3.63, 3.8) is 0 Å². The van der Waals surface area contributed by atoms with E-state index in [1.165, 1.54) is 6.92 Å². The molecule has 10 heteroatoms. The molecule has 0 radical (unpaired) electrons. The highest BCUT2D eigenvalue weighted by molar-refractivity contribution is 5.86. The maximum atomic E-state index is 11.7. The molecule has 0 bridgehead atoms. The third-order valence-corrected chi connectivity index (χ3v) is 4.70. The van der Waals surface area contributed by atoms with Crippen LogP contribution in [0.1, 0.15) is 60.3 Å². The number of carbonyl (C=O) groups excluding carboxylic acids is 3. The van der Waals surface area contributed by atoms with Gasteiger partial charge in [-0.15, -0.1) is 0 Å². The third-order valence-electron chi connectivity index (χ3n) is 4.70. The fraction of sp³-hybridized carbons (Fsp3) is 0.885. The Balaban J connectivity index is 3.22. The van der Waals surface area contributed by atoms with E-state index in [2.05, 4.69) is 0 Å². The number of esters is 1. The predicted molar refractivity (Wildman–Crippen MR) is 134 cm³/mol. The molecule has 0 N–H and O–H groups in total. The maximum absolute atomic E-state index is 11.7. The molecule has 10 nitrogen and oxygen atoms in total. The summed E-state index contributed by atoms with van der Waals surface area (Å²) in [4.78, 5) is 34.4. The highest BCUT2D eigenvalue weighted by atomic mass is 16.6. The first kappa shape index (κ1) is 34.6. The van der Waals surface area contributed by atoms with Gasteiger partial charge in [0.25, 0.3) is 0 Å². The molecule has 1 unspecified atom stereocenters. The molecule has 0 aliphatic heterocycles. The zero-order valence-electron chi connectivity index (χ0n) is 23.0. The van der Waals surface area contributed by atoms with Crippen molar-refractivity contribution >= 4 is 17.5 Å². The monoisotopic (exact) mass is 520 g/mol. The van der Waals surface area contributed by atoms with E-state index >= 15 is 0 Å². The van der Waals surface area contributed by atoms with Crippen LogP contribution in [-0.4, -0.2) is 102 Å². The molecule has 0 saturated heterocycles. The SMILES string of the molecule is CC(=O)C(C)CC(=O)CCCOCCOCCOCCOCCOCCOCCC(=O)OC(C)(C)C. The number of hydrogen-bond acceptors (Lipinski definition) is 10. The third kappa shape index (κ3) is 25.7. The summed E-state index contributed by atoms with van der Waals surface area (Å²) in [6, 6.07) is 0. The molecule has 0 amide bonds. The molecule has 36 heavy (non-hydrogen) atoms. The molecule has 0 aliphatic rings. The van der Waals surface area contributed by atoms with Gasteiger partial charge in [-0.3, -0.25) is 14.4 Å². The lowest BCUT2D eigenvalue weighted by atomic mass is 9.99. The highest BCUT2D eigenvalue weighted by Crippen LogP contribution is 2.08. The summed E-state index contributed by atoms with van der Waals surface area (Å²) in [6.07, 6.45) is 1.63. The first-order valence-electron chi connectivity index (χ1n) is 12.8. The Morgan fingerprint density at radius 1 is 0.611 bits per heavy atom. The highest BCUT2D eigenvalue weighted by Gasteiger charge is 2.15. The summed E-state index contributed by atoms with van der Waals surface area (Å²) in [6.45, 7) is 14.2. The van der Waals surface area contributed by atoms with Crippen LogP contribution >= 0.6 is 0 Å². The lowest BCUT2D eigenvalue weighted by Crippen LogP contribution is -2.24. The smallest absolute Gasteiger partial charge is 0.308 e. The molecule has 0 aromatic rings. The largest absolute Gasteiger partial charge is 0.460 e. The van der Waals surface area contributed by atoms with Crippen molar-refractivity contribution in [3.05, 3.63) is 0 Å². The standard InChI is InChI=1S/C26H48O10/c1-22(23(2)27)21-24(28)7-6-9-30-11-13-32-15-17-34-19-20-35-18-16-33-14-12-31-10-8-25(29)36-26(3,4)5/h22H,6-21H2,1-5H3. The second-order valence-electron chi connectivity index (χ2n) is 9.37. The van der Waals surface area contributed by atoms with Crippen molar-refractivity contribution in [2.75, 3.05) is 79.3 Å². The van der Waals surface area contributed by atoms with E-state index in [1.807, 2.05) is 20.8 Å². The minimum atomic E-state index is -0.474. The van der Waals surface area contributed by atoms with Crippen LogP contribution in [-0.2, 0) is 47.5 Å². The molecular weight excluding hydrogens is 472 g/mol. The molecule has 0 fully saturated rings. The van der Waals surface area contributed by atoms with Gasteiger partial charge in [-0.25, -0.2) is 0 Å². The fourth-order valence-corrected chi connectivity index (χ4v) is 2.71. The van der Waals surface area contributed by atoms with Gasteiger partial charge < -0.3 is 33.2 Å². The van der Waals surface area contributed by atoms with Gasteiger partial charge in [-0.2, -0.15) is 0 Å². The summed E-state index contributed by atoms with van der Waals surface area (Å²) >= 11 is 0. The minimum Gasteiger partial charge on any atom is -0.460 e. The Bertz CT molecular complexity index is 574. The Labute approximate surface area is 216 Å². The lowest BCUT2D eigenvalue weighted by Gasteiger charge is -2.19. The number of rotatable bonds is 25. The summed E-state index contributed by atoms with van der Waals surface area (Å²) in [7, 11) is 0. The number of hydrogen-bond donors (Lipinski definition) is 0. The van der Waals surface area contributed by atoms with Crippen LogP contribution in [0.3, 0.4) is 0 Å². The van der Waals surface area contributed by atoms with Crippen molar-refractivity contribution in [1.82, 2.24) is 0 Å². The van der Waals surface area contributed by atoms with Gasteiger partial charge in [0.15, 0.2) is 0 Å². The zero-order chi connectivity index (χ0) is 27.1. The van der Waals surface area contributed by atoms with Gasteiger partial charge >= 0.3 is 5.97 Å². The summed E-state index contributed by atoms with van der Waals surface area (Å²) in [5.74, 6) is -0.318. The molecule has 212 valence electrons. The number of Topliss-reactive ketones (excluding diaryl/α,β-unsaturated/α-hetero) is 2. The van der Waals surface area contributed by atoms with Gasteiger partial charge in [-0.05, 0) is 34.1 Å². The first-order chi connectivity index (χ1) is 17.1. The molecular formula is C26H48O10. The van der Waals surface area contributed by atoms with E-state index in [0.29, 0.717) is 98.5 Å². The predicted octanol–water partition coefficient (Wildman–Crippen LogP) is 2.78. The van der Waals surface area contributed by atoms with E-state index in [-0.39, 0.29) is 29.9 Å². The van der Waals surface area contributed by atoms with Crippen LogP contribution in [0.2, 0.25) is 0 Å². The van der Waals surface area contributed by atoms with Gasteiger partial charge in [0.05, 0.1) is 79.1 Å². The van der Waals surface area contributed by atoms with Crippen LogP contribution in [0, 0.1) is 5.92 Å². The van der Waals surface area contributed by atoms with Crippen molar-refractivity contribution in [3.8, 4) is 0 Å². The second kappa shape index (κ2) is 22.7. The normalized spacial score (nSPS) is 12.5. The topological polar surface area (TPSA) is 116 Å². The quantitative estimate of drug-likeness (QED) is 0.131. The molecule has 0 rings (SSSR count). The van der Waals surface area contributed by atoms with E-state index in [1.54, 1.807) is 6.92 Å². The van der Waals surface area contributed by atoms with Crippen LogP contribution < -0.4 is 0 Å². The number of ether oxygens (including phenoxy) is 7. The van der Waals surface area contributed by atoms with Gasteiger partial charge in [0.1, 0.15) is 17.2 Å². The van der Waals surface area contributed by atoms with Crippen molar-refractivity contribution in [1.29, 1.82) is 0 Å². The van der Waals surface area contributed by atoms with E-state index in [9.17, 15) is 14.4 Å². The van der Waals surface area contributed by atoms with Crippen LogP contribution in [0.15, 0.2) is 0 Å². The second-order valence-corrected chi connectivity index (χ2v) is 9.37. The van der Waals surface area contributed by atoms with Crippen LogP contribution in [0.25, 0.3) is 0 Å². The average molecular weight is 521 g/mol. The maximum Gasteiger partial charge on any atom is 0.308 e. The molecule has 0 heterocycles. The number of ketones is 2. The van der Waals surface area contributed by atoms with Gasteiger partial charge in [-0.1, -0.05) is 6.92 Å². The van der Waals surface area contributed by atoms with Gasteiger partial charge in [0.2, 0.25) is 0 Å². The molecule has 1 atom stereocenters. The molecule has 0 aromatic heterocycles. The van der Waals surface area contributed by atoms with Crippen LogP contribution in [0.5, 0.6) is 0 Å². The molecule has 0 saturated carbocycles. The van der Waals surface area contributed by atoms with E-state index in [4.69, 9.17) is 33.2 Å². The van der Waals surface area contributed by atoms with Crippen LogP contribution in [0.4, 0.5) is 0 Å². The average Bonchev–Trinajstić information content (AvgIpc) is 2.78. The summed E-state index contributed by atoms with van der Waals surface area (Å²) in [5.41, 5.74) is -0.474. The zero-order valence-corrected chi connectivity index (χ0v) is 23.0. The Morgan fingerprint density at radius 2 is 1.00 bits per heavy atom. The van der Waals surface area contributed by atoms with Crippen molar-refractivity contribution in [2.45, 2.75) is 65.9 Å². The minimum absolute atomic E-state index is 0.0477. The fourth-order valence-electron chi connectivity index (χ4n) is 2.71. The van der Waals surface area contributed by atoms with Crippen molar-refractivity contribution in [2.24, 2.45) is 5.92 Å². The Hall–Kier alpha value is -1.43. The van der Waals surface area contributed by atoms with Gasteiger partial charge in [0, 0.05) is 25.4 Å². The lowest BCUT2D eigenvalue weighted by molar-refractivity contribution is -0.156.